The van der Waals surface area contributed by atoms with Crippen molar-refractivity contribution in [2.75, 3.05) is 0 Å². The molecule has 0 aliphatic carbocycles. The molecule has 0 saturated carbocycles. The molecule has 160 valence electrons. The molecular weight excluding hydrogens is 418 g/mol. The smallest absolute Gasteiger partial charge is 0.246 e. The molecule has 3 atom stereocenters. The van der Waals surface area contributed by atoms with E-state index >= 15 is 0 Å². The second-order valence-electron chi connectivity index (χ2n) is 7.73. The summed E-state index contributed by atoms with van der Waals surface area (Å²) in [6.07, 6.45) is -1.21. The largest absolute Gasteiger partial charge is 0.348 e. The summed E-state index contributed by atoms with van der Waals surface area (Å²) in [6.45, 7) is 0. The minimum atomic E-state index is -3.87. The molecule has 1 fully saturated rings. The van der Waals surface area contributed by atoms with E-state index in [0.717, 1.165) is 16.7 Å². The summed E-state index contributed by atoms with van der Waals surface area (Å²) in [5, 5.41) is 0. The molecule has 32 heavy (non-hydrogen) atoms. The van der Waals surface area contributed by atoms with Gasteiger partial charge in [-0.05, 0) is 28.8 Å². The third kappa shape index (κ3) is 3.75. The zero-order chi connectivity index (χ0) is 22.0. The summed E-state index contributed by atoms with van der Waals surface area (Å²) in [6, 6.07) is 37.1. The van der Waals surface area contributed by atoms with Crippen molar-refractivity contribution >= 4 is 10.0 Å². The van der Waals surface area contributed by atoms with Crippen LogP contribution in [0.3, 0.4) is 0 Å². The van der Waals surface area contributed by atoms with Crippen molar-refractivity contribution in [3.63, 3.8) is 0 Å². The molecule has 0 N–H and O–H groups in total. The Morgan fingerprint density at radius 3 is 1.53 bits per heavy atom. The van der Waals surface area contributed by atoms with Gasteiger partial charge in [0.1, 0.15) is 6.10 Å². The third-order valence-corrected chi connectivity index (χ3v) is 7.58. The minimum absolute atomic E-state index is 0.249. The second kappa shape index (κ2) is 8.71. The van der Waals surface area contributed by atoms with Gasteiger partial charge in [0.15, 0.2) is 6.23 Å². The predicted molar refractivity (Wildman–Crippen MR) is 124 cm³/mol. The van der Waals surface area contributed by atoms with Crippen molar-refractivity contribution in [1.29, 1.82) is 0 Å². The van der Waals surface area contributed by atoms with Gasteiger partial charge in [-0.3, -0.25) is 0 Å². The van der Waals surface area contributed by atoms with Crippen LogP contribution >= 0.6 is 0 Å². The van der Waals surface area contributed by atoms with Crippen LogP contribution < -0.4 is 0 Å². The Labute approximate surface area is 188 Å². The highest BCUT2D eigenvalue weighted by Crippen LogP contribution is 2.52. The van der Waals surface area contributed by atoms with Gasteiger partial charge in [0, 0.05) is 0 Å². The van der Waals surface area contributed by atoms with Crippen LogP contribution in [-0.4, -0.2) is 12.7 Å². The lowest BCUT2D eigenvalue weighted by atomic mass is 9.96. The maximum atomic E-state index is 14.0. The Morgan fingerprint density at radius 1 is 0.562 bits per heavy atom. The molecule has 4 aromatic rings. The van der Waals surface area contributed by atoms with E-state index in [9.17, 15) is 8.42 Å². The molecule has 1 aliphatic rings. The first-order chi connectivity index (χ1) is 15.7. The number of benzene rings is 4. The highest BCUT2D eigenvalue weighted by Gasteiger charge is 2.50. The SMILES string of the molecule is O=S(=O)(c1ccccc1)N1[C@H](c2ccccc2)[C@@H](c2ccccc2)O[C@H]1c1ccccc1. The van der Waals surface area contributed by atoms with Crippen LogP contribution in [0.4, 0.5) is 0 Å². The number of nitrogens with zero attached hydrogens (tertiary/aromatic N) is 1. The molecule has 0 amide bonds. The highest BCUT2D eigenvalue weighted by atomic mass is 32.2. The van der Waals surface area contributed by atoms with Gasteiger partial charge in [-0.25, -0.2) is 8.42 Å². The Kier molecular flexibility index (Phi) is 5.62. The maximum absolute atomic E-state index is 14.0. The number of sulfonamides is 1. The minimum Gasteiger partial charge on any atom is -0.348 e. The predicted octanol–water partition coefficient (Wildman–Crippen LogP) is 5.89. The first-order valence-corrected chi connectivity index (χ1v) is 12.0. The summed E-state index contributed by atoms with van der Waals surface area (Å²) in [4.78, 5) is 0.249. The number of ether oxygens (including phenoxy) is 1. The van der Waals surface area contributed by atoms with Gasteiger partial charge < -0.3 is 4.74 Å². The Balaban J connectivity index is 1.73. The monoisotopic (exact) mass is 441 g/mol. The lowest BCUT2D eigenvalue weighted by Crippen LogP contribution is -2.34. The van der Waals surface area contributed by atoms with Crippen LogP contribution in [0.1, 0.15) is 35.1 Å². The molecule has 0 spiro atoms. The third-order valence-electron chi connectivity index (χ3n) is 5.74. The Bertz CT molecular complexity index is 1260. The van der Waals surface area contributed by atoms with Gasteiger partial charge >= 0.3 is 0 Å². The van der Waals surface area contributed by atoms with E-state index in [1.54, 1.807) is 24.3 Å². The fraction of sp³-hybridized carbons (Fsp3) is 0.111. The van der Waals surface area contributed by atoms with E-state index in [-0.39, 0.29) is 4.90 Å². The Morgan fingerprint density at radius 2 is 1.00 bits per heavy atom. The zero-order valence-corrected chi connectivity index (χ0v) is 18.2. The van der Waals surface area contributed by atoms with E-state index in [4.69, 9.17) is 4.74 Å². The summed E-state index contributed by atoms with van der Waals surface area (Å²) in [5.41, 5.74) is 2.62. The maximum Gasteiger partial charge on any atom is 0.246 e. The molecule has 1 saturated heterocycles. The fourth-order valence-electron chi connectivity index (χ4n) is 4.26. The van der Waals surface area contributed by atoms with Crippen LogP contribution in [-0.2, 0) is 14.8 Å². The van der Waals surface area contributed by atoms with E-state index in [2.05, 4.69) is 0 Å². The summed E-state index contributed by atoms with van der Waals surface area (Å²) < 4.78 is 36.1. The summed E-state index contributed by atoms with van der Waals surface area (Å²) in [5.74, 6) is 0. The van der Waals surface area contributed by atoms with Crippen molar-refractivity contribution in [3.8, 4) is 0 Å². The standard InChI is InChI=1S/C27H23NO3S/c29-32(30,24-19-11-4-12-20-24)28-25(21-13-5-1-6-14-21)26(22-15-7-2-8-16-22)31-27(28)23-17-9-3-10-18-23/h1-20,25-27H/t25-,26-,27+/m1/s1. The topological polar surface area (TPSA) is 46.6 Å². The quantitative estimate of drug-likeness (QED) is 0.388. The van der Waals surface area contributed by atoms with Crippen LogP contribution in [0.5, 0.6) is 0 Å². The number of hydrogen-bond acceptors (Lipinski definition) is 3. The molecule has 4 nitrogen and oxygen atoms in total. The zero-order valence-electron chi connectivity index (χ0n) is 17.4. The van der Waals surface area contributed by atoms with Crippen molar-refractivity contribution < 1.29 is 13.2 Å². The lowest BCUT2D eigenvalue weighted by Gasteiger charge is -2.29. The van der Waals surface area contributed by atoms with Gasteiger partial charge in [-0.15, -0.1) is 0 Å². The van der Waals surface area contributed by atoms with Gasteiger partial charge in [0.2, 0.25) is 10.0 Å². The van der Waals surface area contributed by atoms with Gasteiger partial charge in [-0.1, -0.05) is 109 Å². The van der Waals surface area contributed by atoms with Crippen LogP contribution in [0.2, 0.25) is 0 Å². The van der Waals surface area contributed by atoms with E-state index in [0.29, 0.717) is 0 Å². The van der Waals surface area contributed by atoms with Crippen molar-refractivity contribution in [3.05, 3.63) is 138 Å². The van der Waals surface area contributed by atoms with Crippen LogP contribution in [0.25, 0.3) is 0 Å². The molecule has 5 heteroatoms. The van der Waals surface area contributed by atoms with Gasteiger partial charge in [0.25, 0.3) is 0 Å². The summed E-state index contributed by atoms with van der Waals surface area (Å²) in [7, 11) is -3.87. The van der Waals surface area contributed by atoms with E-state index in [1.807, 2.05) is 97.1 Å². The number of hydrogen-bond donors (Lipinski definition) is 0. The van der Waals surface area contributed by atoms with Gasteiger partial charge in [-0.2, -0.15) is 4.31 Å². The molecular formula is C27H23NO3S. The van der Waals surface area contributed by atoms with Crippen LogP contribution in [0, 0.1) is 0 Å². The van der Waals surface area contributed by atoms with Crippen molar-refractivity contribution in [2.24, 2.45) is 0 Å². The fourth-order valence-corrected chi connectivity index (χ4v) is 5.96. The molecule has 1 aliphatic heterocycles. The average molecular weight is 442 g/mol. The van der Waals surface area contributed by atoms with Crippen molar-refractivity contribution in [2.45, 2.75) is 23.3 Å². The van der Waals surface area contributed by atoms with Gasteiger partial charge in [0.05, 0.1) is 10.9 Å². The average Bonchev–Trinajstić information content (AvgIpc) is 3.28. The van der Waals surface area contributed by atoms with E-state index < -0.39 is 28.4 Å². The van der Waals surface area contributed by atoms with Crippen LogP contribution in [0.15, 0.2) is 126 Å². The molecule has 0 unspecified atom stereocenters. The molecule has 0 bridgehead atoms. The highest BCUT2D eigenvalue weighted by molar-refractivity contribution is 7.89. The van der Waals surface area contributed by atoms with E-state index in [1.165, 1.54) is 4.31 Å². The Hall–Kier alpha value is -3.25. The first kappa shape index (κ1) is 20.6. The molecule has 5 rings (SSSR count). The molecule has 0 radical (unpaired) electrons. The lowest BCUT2D eigenvalue weighted by molar-refractivity contribution is 0.0191. The number of rotatable bonds is 5. The first-order valence-electron chi connectivity index (χ1n) is 10.5. The second-order valence-corrected chi connectivity index (χ2v) is 9.58. The molecule has 4 aromatic carbocycles. The molecule has 1 heterocycles. The summed E-state index contributed by atoms with van der Waals surface area (Å²) >= 11 is 0. The normalized spacial score (nSPS) is 21.4. The molecule has 0 aromatic heterocycles. The van der Waals surface area contributed by atoms with Crippen molar-refractivity contribution in [1.82, 2.24) is 4.31 Å².